The predicted octanol–water partition coefficient (Wildman–Crippen LogP) is 1.75. The molecule has 2 saturated heterocycles. The molecule has 0 unspecified atom stereocenters. The summed E-state index contributed by atoms with van der Waals surface area (Å²) in [5.74, 6) is 0.466. The molecule has 3 heterocycles. The molecule has 8 heteroatoms. The zero-order valence-electron chi connectivity index (χ0n) is 15.4. The van der Waals surface area contributed by atoms with Crippen molar-refractivity contribution in [1.82, 2.24) is 25.1 Å². The Hall–Kier alpha value is -2.19. The van der Waals surface area contributed by atoms with Crippen LogP contribution in [-0.4, -0.2) is 77.8 Å². The van der Waals surface area contributed by atoms with E-state index in [2.05, 4.69) is 20.2 Å². The molecule has 0 radical (unpaired) electrons. The number of urea groups is 1. The summed E-state index contributed by atoms with van der Waals surface area (Å²) in [5.41, 5.74) is 1.42. The maximum absolute atomic E-state index is 13.2. The Morgan fingerprint density at radius 1 is 1.26 bits per heavy atom. The number of fused-ring (bicyclic) bond motifs is 1. The number of H-pyrrole nitrogens is 1. The number of hydrogen-bond donors (Lipinski definition) is 2. The number of hydrogen-bond acceptors (Lipinski definition) is 4. The molecular formula is C19H26FN5O2. The fraction of sp³-hybridized carbons (Fsp3) is 0.579. The van der Waals surface area contributed by atoms with E-state index in [1.807, 2.05) is 4.90 Å². The van der Waals surface area contributed by atoms with Crippen molar-refractivity contribution in [2.75, 3.05) is 45.9 Å². The predicted molar refractivity (Wildman–Crippen MR) is 100 cm³/mol. The number of carbonyl (C=O) groups excluding carboxylic acids is 1. The maximum Gasteiger partial charge on any atom is 0.317 e. The summed E-state index contributed by atoms with van der Waals surface area (Å²) in [6.07, 6.45) is 2.62. The average Bonchev–Trinajstić information content (AvgIpc) is 3.10. The van der Waals surface area contributed by atoms with E-state index in [9.17, 15) is 9.18 Å². The SMILES string of the molecule is O=C(NCCc1nc2ccc(F)cc2[nH]1)N1CCC(N2CCOCC2)CC1. The second-order valence-corrected chi connectivity index (χ2v) is 7.19. The number of aromatic amines is 1. The van der Waals surface area contributed by atoms with Crippen LogP contribution < -0.4 is 5.32 Å². The van der Waals surface area contributed by atoms with Crippen molar-refractivity contribution in [3.8, 4) is 0 Å². The molecule has 0 bridgehead atoms. The number of piperidine rings is 1. The van der Waals surface area contributed by atoms with Crippen LogP contribution in [0.1, 0.15) is 18.7 Å². The van der Waals surface area contributed by atoms with Gasteiger partial charge in [-0.15, -0.1) is 0 Å². The summed E-state index contributed by atoms with van der Waals surface area (Å²) in [6.45, 7) is 5.71. The van der Waals surface area contributed by atoms with E-state index in [1.165, 1.54) is 12.1 Å². The monoisotopic (exact) mass is 375 g/mol. The van der Waals surface area contributed by atoms with Gasteiger partial charge >= 0.3 is 6.03 Å². The van der Waals surface area contributed by atoms with Crippen molar-refractivity contribution < 1.29 is 13.9 Å². The van der Waals surface area contributed by atoms with Gasteiger partial charge in [-0.3, -0.25) is 4.90 Å². The van der Waals surface area contributed by atoms with E-state index < -0.39 is 0 Å². The van der Waals surface area contributed by atoms with Crippen molar-refractivity contribution >= 4 is 17.1 Å². The number of benzene rings is 1. The van der Waals surface area contributed by atoms with Crippen molar-refractivity contribution in [3.05, 3.63) is 29.8 Å². The number of nitrogens with zero attached hydrogens (tertiary/aromatic N) is 3. The highest BCUT2D eigenvalue weighted by atomic mass is 19.1. The molecule has 27 heavy (non-hydrogen) atoms. The van der Waals surface area contributed by atoms with Gasteiger partial charge in [0.2, 0.25) is 0 Å². The molecule has 4 rings (SSSR count). The van der Waals surface area contributed by atoms with E-state index in [-0.39, 0.29) is 11.8 Å². The number of carbonyl (C=O) groups is 1. The summed E-state index contributed by atoms with van der Waals surface area (Å²) in [7, 11) is 0. The first-order valence-corrected chi connectivity index (χ1v) is 9.68. The number of morpholine rings is 1. The summed E-state index contributed by atoms with van der Waals surface area (Å²) in [5, 5.41) is 2.97. The van der Waals surface area contributed by atoms with Gasteiger partial charge in [0.15, 0.2) is 0 Å². The first-order valence-electron chi connectivity index (χ1n) is 9.68. The average molecular weight is 375 g/mol. The molecule has 0 aliphatic carbocycles. The van der Waals surface area contributed by atoms with Crippen LogP contribution in [0.15, 0.2) is 18.2 Å². The minimum absolute atomic E-state index is 0.0161. The number of imidazole rings is 1. The lowest BCUT2D eigenvalue weighted by Gasteiger charge is -2.40. The van der Waals surface area contributed by atoms with Crippen LogP contribution in [0.5, 0.6) is 0 Å². The Bertz CT molecular complexity index is 781. The Balaban J connectivity index is 1.21. The summed E-state index contributed by atoms with van der Waals surface area (Å²) >= 11 is 0. The number of amides is 2. The van der Waals surface area contributed by atoms with Gasteiger partial charge in [-0.2, -0.15) is 0 Å². The number of halogens is 1. The molecule has 1 aromatic heterocycles. The van der Waals surface area contributed by atoms with Gasteiger partial charge in [0.1, 0.15) is 11.6 Å². The van der Waals surface area contributed by atoms with Crippen molar-refractivity contribution in [3.63, 3.8) is 0 Å². The van der Waals surface area contributed by atoms with E-state index in [1.54, 1.807) is 6.07 Å². The molecule has 7 nitrogen and oxygen atoms in total. The topological polar surface area (TPSA) is 73.5 Å². The Morgan fingerprint density at radius 2 is 2.04 bits per heavy atom. The Kier molecular flexibility index (Phi) is 5.54. The van der Waals surface area contributed by atoms with Gasteiger partial charge in [-0.05, 0) is 31.0 Å². The number of nitrogens with one attached hydrogen (secondary N) is 2. The van der Waals surface area contributed by atoms with E-state index in [4.69, 9.17) is 4.74 Å². The van der Waals surface area contributed by atoms with Gasteiger partial charge < -0.3 is 19.9 Å². The van der Waals surface area contributed by atoms with Crippen LogP contribution in [0.4, 0.5) is 9.18 Å². The smallest absolute Gasteiger partial charge is 0.317 e. The maximum atomic E-state index is 13.2. The van der Waals surface area contributed by atoms with Crippen LogP contribution in [0.3, 0.4) is 0 Å². The van der Waals surface area contributed by atoms with Crippen LogP contribution in [-0.2, 0) is 11.2 Å². The van der Waals surface area contributed by atoms with Gasteiger partial charge in [-0.25, -0.2) is 14.2 Å². The lowest BCUT2D eigenvalue weighted by Crippen LogP contribution is -2.52. The van der Waals surface area contributed by atoms with Gasteiger partial charge in [0, 0.05) is 45.2 Å². The molecule has 0 spiro atoms. The summed E-state index contributed by atoms with van der Waals surface area (Å²) in [4.78, 5) is 24.3. The normalized spacial score (nSPS) is 19.5. The first kappa shape index (κ1) is 18.2. The number of likely N-dealkylation sites (tertiary alicyclic amines) is 1. The highest BCUT2D eigenvalue weighted by molar-refractivity contribution is 5.75. The second kappa shape index (κ2) is 8.22. The van der Waals surface area contributed by atoms with E-state index >= 15 is 0 Å². The van der Waals surface area contributed by atoms with E-state index in [0.717, 1.165) is 63.6 Å². The summed E-state index contributed by atoms with van der Waals surface area (Å²) in [6, 6.07) is 5.03. The number of rotatable bonds is 4. The molecule has 2 aromatic rings. The Morgan fingerprint density at radius 3 is 2.81 bits per heavy atom. The fourth-order valence-electron chi connectivity index (χ4n) is 3.93. The standard InChI is InChI=1S/C19H26FN5O2/c20-14-1-2-16-17(13-14)23-18(22-16)3-6-21-19(26)25-7-4-15(5-8-25)24-9-11-27-12-10-24/h1-2,13,15H,3-12H2,(H,21,26)(H,22,23). The minimum atomic E-state index is -0.286. The van der Waals surface area contributed by atoms with E-state index in [0.29, 0.717) is 24.5 Å². The highest BCUT2D eigenvalue weighted by Gasteiger charge is 2.27. The van der Waals surface area contributed by atoms with Crippen LogP contribution in [0.25, 0.3) is 11.0 Å². The third-order valence-corrected chi connectivity index (χ3v) is 5.44. The molecule has 1 aromatic carbocycles. The van der Waals surface area contributed by atoms with Crippen molar-refractivity contribution in [2.24, 2.45) is 0 Å². The fourth-order valence-corrected chi connectivity index (χ4v) is 3.93. The largest absolute Gasteiger partial charge is 0.379 e. The molecular weight excluding hydrogens is 349 g/mol. The first-order chi connectivity index (χ1) is 13.2. The van der Waals surface area contributed by atoms with Crippen LogP contribution >= 0.6 is 0 Å². The zero-order valence-corrected chi connectivity index (χ0v) is 15.4. The molecule has 0 atom stereocenters. The molecule has 2 amide bonds. The van der Waals surface area contributed by atoms with Gasteiger partial charge in [-0.1, -0.05) is 0 Å². The molecule has 2 N–H and O–H groups in total. The molecule has 2 fully saturated rings. The quantitative estimate of drug-likeness (QED) is 0.854. The number of aromatic nitrogens is 2. The molecule has 146 valence electrons. The Labute approximate surface area is 157 Å². The lowest BCUT2D eigenvalue weighted by atomic mass is 10.0. The van der Waals surface area contributed by atoms with Gasteiger partial charge in [0.05, 0.1) is 24.2 Å². The van der Waals surface area contributed by atoms with Crippen molar-refractivity contribution in [2.45, 2.75) is 25.3 Å². The molecule has 0 saturated carbocycles. The number of ether oxygens (including phenoxy) is 1. The lowest BCUT2D eigenvalue weighted by molar-refractivity contribution is 0.00381. The molecule has 2 aliphatic rings. The minimum Gasteiger partial charge on any atom is -0.379 e. The zero-order chi connectivity index (χ0) is 18.6. The summed E-state index contributed by atoms with van der Waals surface area (Å²) < 4.78 is 18.6. The third kappa shape index (κ3) is 4.39. The van der Waals surface area contributed by atoms with Crippen LogP contribution in [0, 0.1) is 5.82 Å². The van der Waals surface area contributed by atoms with Crippen molar-refractivity contribution in [1.29, 1.82) is 0 Å². The molecule has 2 aliphatic heterocycles. The van der Waals surface area contributed by atoms with Gasteiger partial charge in [0.25, 0.3) is 0 Å². The third-order valence-electron chi connectivity index (χ3n) is 5.44. The second-order valence-electron chi connectivity index (χ2n) is 7.19. The van der Waals surface area contributed by atoms with Crippen LogP contribution in [0.2, 0.25) is 0 Å². The highest BCUT2D eigenvalue weighted by Crippen LogP contribution is 2.18.